The molecule has 3 N–H and O–H groups in total. The van der Waals surface area contributed by atoms with E-state index in [0.29, 0.717) is 12.6 Å². The van der Waals surface area contributed by atoms with Crippen molar-refractivity contribution in [1.29, 1.82) is 0 Å². The normalized spacial score (nSPS) is 23.1. The minimum atomic E-state index is -0.157. The lowest BCUT2D eigenvalue weighted by atomic mass is 9.79. The summed E-state index contributed by atoms with van der Waals surface area (Å²) in [7, 11) is 0. The van der Waals surface area contributed by atoms with E-state index < -0.39 is 0 Å². The minimum absolute atomic E-state index is 0.157. The largest absolute Gasteiger partial charge is 0.396 e. The highest BCUT2D eigenvalue weighted by molar-refractivity contribution is 5.06. The topological polar surface area (TPSA) is 64.1 Å². The Morgan fingerprint density at radius 2 is 2.05 bits per heavy atom. The van der Waals surface area contributed by atoms with Crippen LogP contribution >= 0.6 is 0 Å². The molecule has 0 bridgehead atoms. The zero-order valence-electron chi connectivity index (χ0n) is 12.3. The molecular weight excluding hydrogens is 250 g/mol. The monoisotopic (exact) mass is 277 g/mol. The number of nitrogens with two attached hydrogens (primary N) is 1. The number of aliphatic hydroxyl groups is 1. The lowest BCUT2D eigenvalue weighted by Crippen LogP contribution is -2.37. The van der Waals surface area contributed by atoms with E-state index in [9.17, 15) is 5.11 Å². The standard InChI is InChI=1S/C16H27N3O/c17-11-16(12-20,9-13-5-6-13)10-14-7-8-19(18-14)15-3-1-2-4-15/h7-8,13,15,20H,1-6,9-12,17H2. The molecule has 2 fully saturated rings. The number of hydrogen-bond donors (Lipinski definition) is 2. The summed E-state index contributed by atoms with van der Waals surface area (Å²) in [6, 6.07) is 2.71. The quantitative estimate of drug-likeness (QED) is 0.803. The summed E-state index contributed by atoms with van der Waals surface area (Å²) in [5.74, 6) is 0.780. The predicted octanol–water partition coefficient (Wildman–Crippen LogP) is 2.28. The molecule has 0 aromatic carbocycles. The second kappa shape index (κ2) is 5.86. The summed E-state index contributed by atoms with van der Waals surface area (Å²) in [5.41, 5.74) is 6.91. The molecule has 4 heteroatoms. The van der Waals surface area contributed by atoms with Gasteiger partial charge in [-0.3, -0.25) is 4.68 Å². The Labute approximate surface area is 121 Å². The molecule has 4 nitrogen and oxygen atoms in total. The Bertz CT molecular complexity index is 429. The van der Waals surface area contributed by atoms with Gasteiger partial charge in [0.25, 0.3) is 0 Å². The van der Waals surface area contributed by atoms with Gasteiger partial charge in [-0.1, -0.05) is 25.7 Å². The van der Waals surface area contributed by atoms with Crippen LogP contribution in [-0.2, 0) is 6.42 Å². The molecule has 2 aliphatic carbocycles. The van der Waals surface area contributed by atoms with Crippen LogP contribution in [0, 0.1) is 11.3 Å². The minimum Gasteiger partial charge on any atom is -0.396 e. The van der Waals surface area contributed by atoms with Gasteiger partial charge in [0.05, 0.1) is 18.3 Å². The van der Waals surface area contributed by atoms with E-state index in [0.717, 1.165) is 24.5 Å². The van der Waals surface area contributed by atoms with Crippen molar-refractivity contribution < 1.29 is 5.11 Å². The molecule has 1 heterocycles. The van der Waals surface area contributed by atoms with E-state index in [1.165, 1.54) is 38.5 Å². The first-order valence-corrected chi connectivity index (χ1v) is 8.10. The van der Waals surface area contributed by atoms with Crippen LogP contribution in [0.25, 0.3) is 0 Å². The van der Waals surface area contributed by atoms with Crippen molar-refractivity contribution in [3.63, 3.8) is 0 Å². The number of aromatic nitrogens is 2. The van der Waals surface area contributed by atoms with E-state index >= 15 is 0 Å². The van der Waals surface area contributed by atoms with Crippen molar-refractivity contribution in [2.24, 2.45) is 17.1 Å². The molecule has 2 saturated carbocycles. The average Bonchev–Trinajstić information content (AvgIpc) is 2.96. The first-order valence-electron chi connectivity index (χ1n) is 8.10. The summed E-state index contributed by atoms with van der Waals surface area (Å²) in [5, 5.41) is 14.6. The molecule has 1 aromatic rings. The summed E-state index contributed by atoms with van der Waals surface area (Å²) in [6.07, 6.45) is 11.7. The van der Waals surface area contributed by atoms with Gasteiger partial charge in [0.2, 0.25) is 0 Å². The smallest absolute Gasteiger partial charge is 0.0631 e. The van der Waals surface area contributed by atoms with Crippen molar-refractivity contribution in [1.82, 2.24) is 9.78 Å². The fraction of sp³-hybridized carbons (Fsp3) is 0.812. The molecule has 1 atom stereocenters. The summed E-state index contributed by atoms with van der Waals surface area (Å²) in [6.45, 7) is 0.729. The van der Waals surface area contributed by atoms with Crippen LogP contribution in [0.15, 0.2) is 12.3 Å². The van der Waals surface area contributed by atoms with E-state index in [1.807, 2.05) is 0 Å². The highest BCUT2D eigenvalue weighted by Crippen LogP contribution is 2.41. The highest BCUT2D eigenvalue weighted by Gasteiger charge is 2.36. The lowest BCUT2D eigenvalue weighted by Gasteiger charge is -2.29. The first kappa shape index (κ1) is 14.1. The van der Waals surface area contributed by atoms with E-state index in [-0.39, 0.29) is 12.0 Å². The van der Waals surface area contributed by atoms with Crippen LogP contribution in [0.2, 0.25) is 0 Å². The van der Waals surface area contributed by atoms with Crippen LogP contribution in [0.4, 0.5) is 0 Å². The second-order valence-corrected chi connectivity index (χ2v) is 6.91. The number of nitrogens with zero attached hydrogens (tertiary/aromatic N) is 2. The molecule has 1 unspecified atom stereocenters. The maximum atomic E-state index is 9.82. The van der Waals surface area contributed by atoms with Crippen molar-refractivity contribution in [3.8, 4) is 0 Å². The molecular formula is C16H27N3O. The Kier molecular flexibility index (Phi) is 4.13. The average molecular weight is 277 g/mol. The highest BCUT2D eigenvalue weighted by atomic mass is 16.3. The predicted molar refractivity (Wildman–Crippen MR) is 79.4 cm³/mol. The van der Waals surface area contributed by atoms with E-state index in [2.05, 4.69) is 16.9 Å². The summed E-state index contributed by atoms with van der Waals surface area (Å²) >= 11 is 0. The third kappa shape index (κ3) is 3.07. The van der Waals surface area contributed by atoms with Gasteiger partial charge in [0.1, 0.15) is 0 Å². The Morgan fingerprint density at radius 1 is 1.30 bits per heavy atom. The van der Waals surface area contributed by atoms with Crippen molar-refractivity contribution in [2.75, 3.05) is 13.2 Å². The first-order chi connectivity index (χ1) is 9.74. The van der Waals surface area contributed by atoms with Gasteiger partial charge in [-0.05, 0) is 31.2 Å². The zero-order valence-corrected chi connectivity index (χ0v) is 12.3. The number of rotatable bonds is 7. The lowest BCUT2D eigenvalue weighted by molar-refractivity contribution is 0.114. The van der Waals surface area contributed by atoms with Crippen molar-refractivity contribution >= 4 is 0 Å². The molecule has 20 heavy (non-hydrogen) atoms. The molecule has 0 saturated heterocycles. The third-order valence-corrected chi connectivity index (χ3v) is 5.11. The molecule has 0 spiro atoms. The number of hydrogen-bond acceptors (Lipinski definition) is 3. The van der Waals surface area contributed by atoms with Gasteiger partial charge in [-0.15, -0.1) is 0 Å². The van der Waals surface area contributed by atoms with Gasteiger partial charge in [-0.2, -0.15) is 5.10 Å². The fourth-order valence-electron chi connectivity index (χ4n) is 3.58. The molecule has 2 aliphatic rings. The zero-order chi connectivity index (χ0) is 14.0. The molecule has 1 aromatic heterocycles. The van der Waals surface area contributed by atoms with Gasteiger partial charge in [-0.25, -0.2) is 0 Å². The second-order valence-electron chi connectivity index (χ2n) is 6.91. The molecule has 0 radical (unpaired) electrons. The van der Waals surface area contributed by atoms with Crippen LogP contribution in [-0.4, -0.2) is 28.0 Å². The van der Waals surface area contributed by atoms with Gasteiger partial charge in [0, 0.05) is 24.6 Å². The molecule has 0 aliphatic heterocycles. The van der Waals surface area contributed by atoms with Gasteiger partial charge < -0.3 is 10.8 Å². The van der Waals surface area contributed by atoms with Gasteiger partial charge >= 0.3 is 0 Å². The third-order valence-electron chi connectivity index (χ3n) is 5.11. The van der Waals surface area contributed by atoms with E-state index in [4.69, 9.17) is 10.8 Å². The summed E-state index contributed by atoms with van der Waals surface area (Å²) < 4.78 is 2.14. The fourth-order valence-corrected chi connectivity index (χ4v) is 3.58. The van der Waals surface area contributed by atoms with Crippen molar-refractivity contribution in [2.45, 2.75) is 57.4 Å². The Morgan fingerprint density at radius 3 is 2.65 bits per heavy atom. The maximum absolute atomic E-state index is 9.82. The van der Waals surface area contributed by atoms with Crippen LogP contribution in [0.5, 0.6) is 0 Å². The van der Waals surface area contributed by atoms with Crippen molar-refractivity contribution in [3.05, 3.63) is 18.0 Å². The SMILES string of the molecule is NCC(CO)(Cc1ccn(C2CCCC2)n1)CC1CC1. The van der Waals surface area contributed by atoms with Crippen LogP contribution in [0.1, 0.15) is 56.7 Å². The molecule has 0 amide bonds. The van der Waals surface area contributed by atoms with E-state index in [1.54, 1.807) is 0 Å². The van der Waals surface area contributed by atoms with Crippen LogP contribution < -0.4 is 5.73 Å². The molecule has 112 valence electrons. The number of aliphatic hydroxyl groups excluding tert-OH is 1. The Hall–Kier alpha value is -0.870. The Balaban J connectivity index is 1.67. The summed E-state index contributed by atoms with van der Waals surface area (Å²) in [4.78, 5) is 0. The van der Waals surface area contributed by atoms with Gasteiger partial charge in [0.15, 0.2) is 0 Å². The van der Waals surface area contributed by atoms with Crippen LogP contribution in [0.3, 0.4) is 0 Å². The molecule has 3 rings (SSSR count). The maximum Gasteiger partial charge on any atom is 0.0631 e.